The van der Waals surface area contributed by atoms with Gasteiger partial charge in [0.15, 0.2) is 0 Å². The number of amides is 1. The van der Waals surface area contributed by atoms with Crippen molar-refractivity contribution in [3.05, 3.63) is 100 Å². The number of carbonyl (C=O) groups is 1. The Morgan fingerprint density at radius 2 is 1.69 bits per heavy atom. The molecule has 7 aliphatic rings. The van der Waals surface area contributed by atoms with Crippen LogP contribution in [0.2, 0.25) is 0 Å². The second kappa shape index (κ2) is 22.0. The van der Waals surface area contributed by atoms with Crippen molar-refractivity contribution in [2.75, 3.05) is 80.8 Å². The van der Waals surface area contributed by atoms with Gasteiger partial charge in [-0.05, 0) is 151 Å². The number of H-pyrrole nitrogens is 1. The van der Waals surface area contributed by atoms with Crippen molar-refractivity contribution in [3.8, 4) is 11.6 Å². The van der Waals surface area contributed by atoms with E-state index in [4.69, 9.17) is 23.9 Å². The highest BCUT2D eigenvalue weighted by molar-refractivity contribution is 7.90. The molecule has 5 aromatic rings. The molecule has 2 aliphatic carbocycles. The number of carbonyl (C=O) groups excluding carboxylic acids is 1. The number of aliphatic hydroxyl groups is 1. The van der Waals surface area contributed by atoms with Crippen LogP contribution < -0.4 is 29.3 Å². The summed E-state index contributed by atoms with van der Waals surface area (Å²) in [5.74, 6) is 1.13. The molecule has 4 saturated heterocycles. The summed E-state index contributed by atoms with van der Waals surface area (Å²) in [6.07, 6.45) is 10.1. The lowest BCUT2D eigenvalue weighted by Gasteiger charge is -2.59. The van der Waals surface area contributed by atoms with Gasteiger partial charge in [-0.15, -0.1) is 0 Å². The third-order valence-electron chi connectivity index (χ3n) is 18.7. The van der Waals surface area contributed by atoms with E-state index in [-0.39, 0.29) is 40.8 Å². The van der Waals surface area contributed by atoms with E-state index in [0.717, 1.165) is 114 Å². The summed E-state index contributed by atoms with van der Waals surface area (Å²) in [6, 6.07) is 22.7. The predicted octanol–water partition coefficient (Wildman–Crippen LogP) is 8.95. The van der Waals surface area contributed by atoms with Crippen LogP contribution in [0.15, 0.2) is 83.9 Å². The van der Waals surface area contributed by atoms with Gasteiger partial charge in [-0.25, -0.2) is 13.1 Å². The summed E-state index contributed by atoms with van der Waals surface area (Å²) < 4.78 is 55.7. The van der Waals surface area contributed by atoms with Crippen LogP contribution in [0.5, 0.6) is 11.6 Å². The number of para-hydroxylation sites is 1. The second-order valence-corrected chi connectivity index (χ2v) is 26.2. The SMILES string of the molecule is CC(C)Oc1ccccc1[C@@H]1CN([C@H]2CCOC[C@@H]2C)CCN1C1CC2(CCN(c3ccc(C(=O)NS(=O)(=O)c4ccc(NCC5CCC(C)(O)CC5)c([N+](=O)[O-])c4)c(N4c5cc6cc[nH]c6nc5O[C@H]5COCC[C@@H]54)c3)CC2)C1. The number of hydrogen-bond donors (Lipinski definition) is 4. The first kappa shape index (κ1) is 54.6. The first-order valence-electron chi connectivity index (χ1n) is 29.1. The number of ether oxygens (including phenoxy) is 4. The zero-order valence-electron chi connectivity index (χ0n) is 46.5. The van der Waals surface area contributed by atoms with Crippen LogP contribution in [0.4, 0.5) is 28.4 Å². The van der Waals surface area contributed by atoms with E-state index in [1.54, 1.807) is 6.07 Å². The van der Waals surface area contributed by atoms with E-state index in [1.165, 1.54) is 17.7 Å². The van der Waals surface area contributed by atoms with Gasteiger partial charge in [0, 0.05) is 93.5 Å². The zero-order valence-corrected chi connectivity index (χ0v) is 47.3. The number of nitrogens with zero attached hydrogens (tertiary/aromatic N) is 6. The van der Waals surface area contributed by atoms with Gasteiger partial charge in [0.05, 0.1) is 58.1 Å². The third kappa shape index (κ3) is 10.9. The molecule has 0 bridgehead atoms. The lowest BCUT2D eigenvalue weighted by atomic mass is 9.59. The molecule has 428 valence electrons. The summed E-state index contributed by atoms with van der Waals surface area (Å²) in [7, 11) is -4.64. The van der Waals surface area contributed by atoms with Crippen LogP contribution >= 0.6 is 0 Å². The Labute approximate surface area is 468 Å². The highest BCUT2D eigenvalue weighted by atomic mass is 32.2. The van der Waals surface area contributed by atoms with Crippen LogP contribution in [-0.2, 0) is 19.5 Å². The lowest BCUT2D eigenvalue weighted by molar-refractivity contribution is -0.384. The molecule has 5 aliphatic heterocycles. The average molecular weight is 1120 g/mol. The molecule has 5 atom stereocenters. The maximum atomic E-state index is 14.8. The van der Waals surface area contributed by atoms with Crippen molar-refractivity contribution in [2.45, 2.75) is 139 Å². The largest absolute Gasteiger partial charge is 0.491 e. The molecular formula is C60H77N9O10S. The number of anilines is 4. The molecule has 1 amide bonds. The lowest BCUT2D eigenvalue weighted by Crippen LogP contribution is -2.61. The summed E-state index contributed by atoms with van der Waals surface area (Å²) in [5.41, 5.74) is 3.31. The van der Waals surface area contributed by atoms with Gasteiger partial charge in [0.25, 0.3) is 21.6 Å². The highest BCUT2D eigenvalue weighted by Crippen LogP contribution is 2.54. The molecule has 19 nitrogen and oxygen atoms in total. The Bertz CT molecular complexity index is 3200. The number of nitrogens with one attached hydrogen (secondary N) is 3. The van der Waals surface area contributed by atoms with Crippen molar-refractivity contribution >= 4 is 55.4 Å². The van der Waals surface area contributed by atoms with E-state index in [2.05, 4.69) is 79.7 Å². The Kier molecular flexibility index (Phi) is 15.0. The number of piperidine rings is 1. The first-order chi connectivity index (χ1) is 38.5. The van der Waals surface area contributed by atoms with Gasteiger partial charge >= 0.3 is 0 Å². The maximum absolute atomic E-state index is 14.8. The number of sulfonamides is 1. The molecule has 7 heterocycles. The topological polar surface area (TPSA) is 217 Å². The monoisotopic (exact) mass is 1120 g/mol. The van der Waals surface area contributed by atoms with E-state index >= 15 is 0 Å². The fourth-order valence-corrected chi connectivity index (χ4v) is 15.2. The Balaban J connectivity index is 0.804. The third-order valence-corrected chi connectivity index (χ3v) is 20.0. The number of nitro groups is 1. The summed E-state index contributed by atoms with van der Waals surface area (Å²) in [5, 5.41) is 26.9. The zero-order chi connectivity index (χ0) is 55.5. The van der Waals surface area contributed by atoms with Crippen LogP contribution in [0.1, 0.15) is 114 Å². The van der Waals surface area contributed by atoms with Crippen molar-refractivity contribution in [1.82, 2.24) is 24.5 Å². The summed E-state index contributed by atoms with van der Waals surface area (Å²) in [6.45, 7) is 15.8. The molecule has 6 fully saturated rings. The minimum absolute atomic E-state index is 0.0670. The average Bonchev–Trinajstić information content (AvgIpc) is 3.91. The molecule has 0 radical (unpaired) electrons. The van der Waals surface area contributed by atoms with Crippen molar-refractivity contribution < 1.29 is 42.2 Å². The summed E-state index contributed by atoms with van der Waals surface area (Å²) >= 11 is 0. The standard InChI is InChI=1S/C60H77N9O10S/c1-38(2)78-54-8-6-5-7-45(54)53-35-66(48-16-27-76-36-39(48)3)25-26-67(53)43-32-60(33-43)20-23-65(24-21-60)42-9-11-46(50(30-42)68-49-17-28-77-37-55(49)79-58-52(68)29-41-15-22-61-56(41)63-58)57(70)64-80(74,75)44-10-12-47(51(31-44)69(72)73)62-34-40-13-18-59(4,71)19-14-40/h5-12,15,22,29-31,38-40,43,48-49,53,55,62,71H,13-14,16-21,23-28,32-37H2,1-4H3,(H,61,63)(H,64,70)/t39-,40?,48-,49-,53-,55-,59?/m0/s1. The van der Waals surface area contributed by atoms with E-state index < -0.39 is 43.1 Å². The molecule has 2 saturated carbocycles. The van der Waals surface area contributed by atoms with Crippen molar-refractivity contribution in [3.63, 3.8) is 0 Å². The Hall–Kier alpha value is -6.03. The van der Waals surface area contributed by atoms with Gasteiger partial charge in [-0.1, -0.05) is 25.1 Å². The number of hydrogen-bond acceptors (Lipinski definition) is 16. The van der Waals surface area contributed by atoms with Gasteiger partial charge in [-0.3, -0.25) is 24.7 Å². The molecule has 80 heavy (non-hydrogen) atoms. The molecular weight excluding hydrogens is 1040 g/mol. The number of pyridine rings is 1. The smallest absolute Gasteiger partial charge is 0.293 e. The number of nitro benzene ring substituents is 1. The fraction of sp³-hybridized carbons (Fsp3) is 0.567. The van der Waals surface area contributed by atoms with Crippen LogP contribution in [-0.4, -0.2) is 146 Å². The van der Waals surface area contributed by atoms with Crippen LogP contribution in [0, 0.1) is 27.4 Å². The number of piperazine rings is 1. The van der Waals surface area contributed by atoms with Gasteiger partial charge in [0.2, 0.25) is 5.88 Å². The van der Waals surface area contributed by atoms with E-state index in [9.17, 15) is 28.4 Å². The normalized spacial score (nSPS) is 27.5. The first-order valence-corrected chi connectivity index (χ1v) is 30.5. The predicted molar refractivity (Wildman–Crippen MR) is 306 cm³/mol. The van der Waals surface area contributed by atoms with Crippen molar-refractivity contribution in [1.29, 1.82) is 0 Å². The van der Waals surface area contributed by atoms with Crippen LogP contribution in [0.3, 0.4) is 0 Å². The van der Waals surface area contributed by atoms with E-state index in [1.807, 2.05) is 37.4 Å². The van der Waals surface area contributed by atoms with Gasteiger partial charge in [-0.2, -0.15) is 4.98 Å². The fourth-order valence-electron chi connectivity index (χ4n) is 14.2. The number of benzene rings is 3. The molecule has 3 aromatic carbocycles. The van der Waals surface area contributed by atoms with Gasteiger partial charge < -0.3 is 44.2 Å². The van der Waals surface area contributed by atoms with E-state index in [0.29, 0.717) is 79.9 Å². The van der Waals surface area contributed by atoms with Crippen LogP contribution in [0.25, 0.3) is 11.0 Å². The molecule has 1 spiro atoms. The second-order valence-electron chi connectivity index (χ2n) is 24.5. The Morgan fingerprint density at radius 3 is 2.45 bits per heavy atom. The maximum Gasteiger partial charge on any atom is 0.293 e. The number of fused-ring (bicyclic) bond motifs is 3. The minimum atomic E-state index is -4.64. The number of aromatic nitrogens is 2. The van der Waals surface area contributed by atoms with Crippen molar-refractivity contribution in [2.24, 2.45) is 17.3 Å². The molecule has 2 aromatic heterocycles. The summed E-state index contributed by atoms with van der Waals surface area (Å²) in [4.78, 5) is 44.3. The highest BCUT2D eigenvalue weighted by Gasteiger charge is 2.51. The molecule has 0 unspecified atom stereocenters. The molecule has 4 N–H and O–H groups in total. The number of aromatic amines is 1. The Morgan fingerprint density at radius 1 is 0.925 bits per heavy atom. The number of rotatable bonds is 14. The quantitative estimate of drug-likeness (QED) is 0.0603. The molecule has 20 heteroatoms. The molecule has 12 rings (SSSR count). The van der Waals surface area contributed by atoms with Gasteiger partial charge in [0.1, 0.15) is 28.9 Å². The minimum Gasteiger partial charge on any atom is -0.491 e.